The fraction of sp³-hybridized carbons (Fsp3) is 0.467. The van der Waals surface area contributed by atoms with Crippen molar-refractivity contribution in [1.29, 1.82) is 0 Å². The highest BCUT2D eigenvalue weighted by molar-refractivity contribution is 5.85. The van der Waals surface area contributed by atoms with Gasteiger partial charge in [0.2, 0.25) is 5.91 Å². The normalized spacial score (nSPS) is 21.2. The van der Waals surface area contributed by atoms with Crippen molar-refractivity contribution in [3.05, 3.63) is 77.7 Å². The Labute approximate surface area is 239 Å². The third-order valence-electron chi connectivity index (χ3n) is 8.19. The Bertz CT molecular complexity index is 1410. The van der Waals surface area contributed by atoms with Gasteiger partial charge in [-0.2, -0.15) is 0 Å². The fourth-order valence-electron chi connectivity index (χ4n) is 5.98. The number of para-hydroxylation sites is 1. The molecule has 2 aliphatic heterocycles. The molecule has 3 N–H and O–H groups in total. The molecule has 4 aromatic rings. The first-order valence-electron chi connectivity index (χ1n) is 14.5. The van der Waals surface area contributed by atoms with Crippen molar-refractivity contribution in [2.24, 2.45) is 0 Å². The average Bonchev–Trinajstić information content (AvgIpc) is 3.66. The van der Waals surface area contributed by atoms with E-state index in [2.05, 4.69) is 66.4 Å². The van der Waals surface area contributed by atoms with E-state index in [1.54, 1.807) is 4.68 Å². The summed E-state index contributed by atoms with van der Waals surface area (Å²) < 4.78 is 13.2. The van der Waals surface area contributed by atoms with Gasteiger partial charge in [-0.1, -0.05) is 48.5 Å². The van der Waals surface area contributed by atoms with Crippen LogP contribution in [0.15, 0.2) is 60.8 Å². The first kappa shape index (κ1) is 27.5. The zero-order chi connectivity index (χ0) is 27.9. The second-order valence-electron chi connectivity index (χ2n) is 10.8. The zero-order valence-corrected chi connectivity index (χ0v) is 23.3. The van der Waals surface area contributed by atoms with Crippen molar-refractivity contribution in [1.82, 2.24) is 40.7 Å². The topological polar surface area (TPSA) is 122 Å². The van der Waals surface area contributed by atoms with Crippen molar-refractivity contribution in [2.45, 2.75) is 37.4 Å². The van der Waals surface area contributed by atoms with Crippen LogP contribution in [0.5, 0.6) is 0 Å². The maximum atomic E-state index is 13.8. The second-order valence-corrected chi connectivity index (χ2v) is 10.8. The quantitative estimate of drug-likeness (QED) is 0.349. The van der Waals surface area contributed by atoms with E-state index in [1.807, 2.05) is 30.5 Å². The van der Waals surface area contributed by atoms with Crippen LogP contribution < -0.4 is 10.6 Å². The van der Waals surface area contributed by atoms with Gasteiger partial charge in [-0.15, -0.1) is 5.10 Å². The predicted molar refractivity (Wildman–Crippen MR) is 154 cm³/mol. The number of hydrogen-bond donors (Lipinski definition) is 3. The van der Waals surface area contributed by atoms with Gasteiger partial charge in [-0.05, 0) is 40.5 Å². The number of fused-ring (bicyclic) bond motifs is 3. The van der Waals surface area contributed by atoms with Crippen LogP contribution >= 0.6 is 0 Å². The molecule has 1 fully saturated rings. The molecule has 41 heavy (non-hydrogen) atoms. The molecule has 2 aromatic carbocycles. The molecular weight excluding hydrogens is 520 g/mol. The van der Waals surface area contributed by atoms with E-state index in [-0.39, 0.29) is 5.91 Å². The van der Waals surface area contributed by atoms with Crippen LogP contribution in [0.1, 0.15) is 35.8 Å². The standard InChI is InChI=1S/C30H38N8O3/c39-28-27(20-24-21-32-26-9-5-4-8-25(24)26)38-29(34-35-36-38)30(33-13-17-41-19-18-40-16-12-31-28)10-14-37(15-11-30)22-23-6-2-1-3-7-23/h1-9,21,27,32-33H,10-20,22H2,(H,31,39). The minimum Gasteiger partial charge on any atom is -0.378 e. The summed E-state index contributed by atoms with van der Waals surface area (Å²) in [4.78, 5) is 19.6. The molecule has 1 atom stereocenters. The number of aromatic nitrogens is 5. The lowest BCUT2D eigenvalue weighted by atomic mass is 9.85. The number of carbonyl (C=O) groups is 1. The minimum atomic E-state index is -0.624. The SMILES string of the molecule is O=C1NCCOCCOCCNC2(CCN(Cc3ccccc3)CC2)c2nnnn2C1Cc1c[nH]c2ccccc12. The molecule has 6 rings (SSSR count). The van der Waals surface area contributed by atoms with Gasteiger partial charge in [0.05, 0.1) is 32.0 Å². The van der Waals surface area contributed by atoms with Gasteiger partial charge in [0.25, 0.3) is 0 Å². The summed E-state index contributed by atoms with van der Waals surface area (Å²) in [7, 11) is 0. The number of nitrogens with one attached hydrogen (secondary N) is 3. The highest BCUT2D eigenvalue weighted by Crippen LogP contribution is 2.34. The van der Waals surface area contributed by atoms with Crippen LogP contribution in [-0.4, -0.2) is 88.6 Å². The van der Waals surface area contributed by atoms with E-state index in [0.717, 1.165) is 48.9 Å². The molecule has 1 amide bonds. The molecule has 0 radical (unpaired) electrons. The van der Waals surface area contributed by atoms with Crippen LogP contribution in [-0.2, 0) is 32.8 Å². The molecule has 0 bridgehead atoms. The lowest BCUT2D eigenvalue weighted by Gasteiger charge is -2.42. The van der Waals surface area contributed by atoms with E-state index in [0.29, 0.717) is 51.8 Å². The predicted octanol–water partition coefficient (Wildman–Crippen LogP) is 2.18. The third-order valence-corrected chi connectivity index (χ3v) is 8.19. The number of tetrazole rings is 1. The Morgan fingerprint density at radius 3 is 2.51 bits per heavy atom. The van der Waals surface area contributed by atoms with Gasteiger partial charge in [0.15, 0.2) is 5.82 Å². The van der Waals surface area contributed by atoms with Crippen LogP contribution in [0.4, 0.5) is 0 Å². The Hall–Kier alpha value is -3.64. The number of carbonyl (C=O) groups excluding carboxylic acids is 1. The molecule has 0 aliphatic carbocycles. The Balaban J connectivity index is 1.31. The van der Waals surface area contributed by atoms with Crippen molar-refractivity contribution in [2.75, 3.05) is 52.6 Å². The van der Waals surface area contributed by atoms with Gasteiger partial charge in [0.1, 0.15) is 6.04 Å². The molecule has 1 unspecified atom stereocenters. The molecule has 2 aromatic heterocycles. The average molecular weight is 559 g/mol. The Morgan fingerprint density at radius 2 is 1.68 bits per heavy atom. The lowest BCUT2D eigenvalue weighted by molar-refractivity contribution is -0.125. The molecule has 1 saturated heterocycles. The number of benzene rings is 2. The number of aromatic amines is 1. The van der Waals surface area contributed by atoms with Crippen LogP contribution in [0.25, 0.3) is 10.9 Å². The number of amides is 1. The number of hydrogen-bond acceptors (Lipinski definition) is 8. The van der Waals surface area contributed by atoms with Gasteiger partial charge < -0.3 is 25.1 Å². The molecular formula is C30H38N8O3. The van der Waals surface area contributed by atoms with Crippen molar-refractivity contribution >= 4 is 16.8 Å². The van der Waals surface area contributed by atoms with Gasteiger partial charge in [0, 0.05) is 56.2 Å². The summed E-state index contributed by atoms with van der Waals surface area (Å²) in [6, 6.07) is 18.1. The van der Waals surface area contributed by atoms with Gasteiger partial charge in [-0.25, -0.2) is 4.68 Å². The van der Waals surface area contributed by atoms with E-state index < -0.39 is 11.6 Å². The second kappa shape index (κ2) is 12.9. The monoisotopic (exact) mass is 558 g/mol. The number of ether oxygens (including phenoxy) is 2. The number of likely N-dealkylation sites (tertiary alicyclic amines) is 1. The van der Waals surface area contributed by atoms with Gasteiger partial charge in [-0.3, -0.25) is 9.69 Å². The largest absolute Gasteiger partial charge is 0.378 e. The summed E-state index contributed by atoms with van der Waals surface area (Å²) in [6.07, 6.45) is 4.05. The summed E-state index contributed by atoms with van der Waals surface area (Å²) in [5, 5.41) is 21.1. The Kier molecular flexibility index (Phi) is 8.66. The minimum absolute atomic E-state index is 0.129. The number of nitrogens with zero attached hydrogens (tertiary/aromatic N) is 5. The molecule has 2 aliphatic rings. The maximum absolute atomic E-state index is 13.8. The number of rotatable bonds is 4. The lowest BCUT2D eigenvalue weighted by Crippen LogP contribution is -2.54. The van der Waals surface area contributed by atoms with Crippen LogP contribution in [0, 0.1) is 0 Å². The smallest absolute Gasteiger partial charge is 0.245 e. The number of H-pyrrole nitrogens is 1. The summed E-state index contributed by atoms with van der Waals surface area (Å²) in [5.74, 6) is 0.568. The van der Waals surface area contributed by atoms with E-state index in [4.69, 9.17) is 9.47 Å². The highest BCUT2D eigenvalue weighted by atomic mass is 16.5. The van der Waals surface area contributed by atoms with Crippen molar-refractivity contribution in [3.8, 4) is 0 Å². The van der Waals surface area contributed by atoms with Crippen LogP contribution in [0.3, 0.4) is 0 Å². The van der Waals surface area contributed by atoms with E-state index in [1.165, 1.54) is 5.56 Å². The maximum Gasteiger partial charge on any atom is 0.245 e. The fourth-order valence-corrected chi connectivity index (χ4v) is 5.98. The first-order valence-corrected chi connectivity index (χ1v) is 14.5. The number of piperidine rings is 1. The molecule has 216 valence electrons. The molecule has 0 saturated carbocycles. The summed E-state index contributed by atoms with van der Waals surface area (Å²) in [5.41, 5.74) is 2.89. The van der Waals surface area contributed by atoms with Crippen molar-refractivity contribution < 1.29 is 14.3 Å². The highest BCUT2D eigenvalue weighted by Gasteiger charge is 2.42. The Morgan fingerprint density at radius 1 is 0.927 bits per heavy atom. The molecule has 1 spiro atoms. The summed E-state index contributed by atoms with van der Waals surface area (Å²) in [6.45, 7) is 5.66. The summed E-state index contributed by atoms with van der Waals surface area (Å²) >= 11 is 0. The zero-order valence-electron chi connectivity index (χ0n) is 23.3. The first-order chi connectivity index (χ1) is 20.2. The van der Waals surface area contributed by atoms with Crippen molar-refractivity contribution in [3.63, 3.8) is 0 Å². The third kappa shape index (κ3) is 6.33. The van der Waals surface area contributed by atoms with Gasteiger partial charge >= 0.3 is 0 Å². The van der Waals surface area contributed by atoms with Crippen LogP contribution in [0.2, 0.25) is 0 Å². The van der Waals surface area contributed by atoms with E-state index in [9.17, 15) is 4.79 Å². The van der Waals surface area contributed by atoms with E-state index >= 15 is 0 Å². The molecule has 11 nitrogen and oxygen atoms in total. The molecule has 11 heteroatoms. The molecule has 4 heterocycles.